The molecule has 0 aliphatic rings. The van der Waals surface area contributed by atoms with Crippen molar-refractivity contribution in [3.8, 4) is 5.75 Å². The maximum atomic E-state index is 12.3. The van der Waals surface area contributed by atoms with Crippen molar-refractivity contribution in [2.75, 3.05) is 5.32 Å². The number of carbonyl (C=O) groups is 2. The molecule has 0 unspecified atom stereocenters. The average molecular weight is 378 g/mol. The first kappa shape index (κ1) is 17.0. The van der Waals surface area contributed by atoms with Crippen LogP contribution >= 0.6 is 15.9 Å². The number of carboxylic acids is 1. The third kappa shape index (κ3) is 4.82. The molecule has 2 rings (SSSR count). The summed E-state index contributed by atoms with van der Waals surface area (Å²) in [6.45, 7) is 0. The Kier molecular flexibility index (Phi) is 5.76. The van der Waals surface area contributed by atoms with Crippen LogP contribution in [0, 0.1) is 0 Å². The minimum atomic E-state index is -0.841. The Hall–Kier alpha value is -2.34. The van der Waals surface area contributed by atoms with Crippen LogP contribution in [0.25, 0.3) is 0 Å². The highest BCUT2D eigenvalue weighted by Gasteiger charge is 2.13. The van der Waals surface area contributed by atoms with Crippen molar-refractivity contribution < 1.29 is 19.8 Å². The summed E-state index contributed by atoms with van der Waals surface area (Å²) in [6, 6.07) is 11.9. The van der Waals surface area contributed by atoms with Crippen molar-refractivity contribution in [1.82, 2.24) is 0 Å². The van der Waals surface area contributed by atoms with Crippen molar-refractivity contribution in [1.29, 1.82) is 0 Å². The van der Waals surface area contributed by atoms with E-state index >= 15 is 0 Å². The average Bonchev–Trinajstić information content (AvgIpc) is 2.48. The lowest BCUT2D eigenvalue weighted by Crippen LogP contribution is -2.13. The monoisotopic (exact) mass is 377 g/mol. The molecular formula is C17H16BrNO4. The highest BCUT2D eigenvalue weighted by atomic mass is 79.9. The maximum absolute atomic E-state index is 12.3. The molecule has 1 amide bonds. The van der Waals surface area contributed by atoms with Gasteiger partial charge in [0.25, 0.3) is 5.91 Å². The molecule has 3 N–H and O–H groups in total. The Bertz CT molecular complexity index is 730. The van der Waals surface area contributed by atoms with E-state index in [1.165, 1.54) is 12.1 Å². The molecule has 2 aromatic carbocycles. The van der Waals surface area contributed by atoms with E-state index in [9.17, 15) is 14.7 Å². The number of hydrogen-bond donors (Lipinski definition) is 3. The fourth-order valence-electron chi connectivity index (χ4n) is 2.18. The van der Waals surface area contributed by atoms with Crippen molar-refractivity contribution in [3.63, 3.8) is 0 Å². The molecule has 5 nitrogen and oxygen atoms in total. The number of amides is 1. The lowest BCUT2D eigenvalue weighted by molar-refractivity contribution is -0.137. The number of anilines is 1. The number of carbonyl (C=O) groups excluding carboxylic acids is 1. The molecule has 23 heavy (non-hydrogen) atoms. The number of para-hydroxylation sites is 1. The molecule has 0 fully saturated rings. The number of aryl methyl sites for hydroxylation is 1. The standard InChI is InChI=1S/C17H16BrNO4/c18-12-8-9-13(15(20)10-12)17(23)19-14-6-2-1-4-11(14)5-3-7-16(21)22/h1-2,4,6,8-10,20H,3,5,7H2,(H,19,23)(H,21,22). The number of aliphatic carboxylic acids is 1. The van der Waals surface area contributed by atoms with E-state index < -0.39 is 11.9 Å². The SMILES string of the molecule is O=C(O)CCCc1ccccc1NC(=O)c1ccc(Br)cc1O. The zero-order chi connectivity index (χ0) is 16.8. The van der Waals surface area contributed by atoms with Crippen LogP contribution in [-0.2, 0) is 11.2 Å². The quantitative estimate of drug-likeness (QED) is 0.714. The predicted octanol–water partition coefficient (Wildman–Crippen LogP) is 3.81. The molecule has 2 aromatic rings. The molecule has 0 atom stereocenters. The fourth-order valence-corrected chi connectivity index (χ4v) is 2.53. The van der Waals surface area contributed by atoms with Gasteiger partial charge in [-0.05, 0) is 42.7 Å². The first-order valence-electron chi connectivity index (χ1n) is 7.07. The number of benzene rings is 2. The maximum Gasteiger partial charge on any atom is 0.303 e. The van der Waals surface area contributed by atoms with Gasteiger partial charge in [0.1, 0.15) is 5.75 Å². The molecule has 0 aromatic heterocycles. The van der Waals surface area contributed by atoms with Gasteiger partial charge in [-0.15, -0.1) is 0 Å². The zero-order valence-electron chi connectivity index (χ0n) is 12.3. The van der Waals surface area contributed by atoms with Gasteiger partial charge in [-0.1, -0.05) is 34.1 Å². The molecular weight excluding hydrogens is 362 g/mol. The molecule has 0 radical (unpaired) electrons. The number of carboxylic acid groups (broad SMARTS) is 1. The molecule has 0 saturated heterocycles. The molecule has 0 spiro atoms. The van der Waals surface area contributed by atoms with Gasteiger partial charge >= 0.3 is 5.97 Å². The van der Waals surface area contributed by atoms with Crippen LogP contribution < -0.4 is 5.32 Å². The van der Waals surface area contributed by atoms with Crippen LogP contribution in [-0.4, -0.2) is 22.1 Å². The van der Waals surface area contributed by atoms with E-state index in [0.717, 1.165) is 5.56 Å². The summed E-state index contributed by atoms with van der Waals surface area (Å²) < 4.78 is 0.681. The Morgan fingerprint density at radius 1 is 1.13 bits per heavy atom. The van der Waals surface area contributed by atoms with Gasteiger partial charge in [0.15, 0.2) is 0 Å². The van der Waals surface area contributed by atoms with Crippen molar-refractivity contribution >= 4 is 33.5 Å². The molecule has 120 valence electrons. The normalized spacial score (nSPS) is 10.3. The highest BCUT2D eigenvalue weighted by molar-refractivity contribution is 9.10. The summed E-state index contributed by atoms with van der Waals surface area (Å²) in [6.07, 6.45) is 1.12. The lowest BCUT2D eigenvalue weighted by atomic mass is 10.1. The lowest BCUT2D eigenvalue weighted by Gasteiger charge is -2.11. The highest BCUT2D eigenvalue weighted by Crippen LogP contribution is 2.24. The number of rotatable bonds is 6. The van der Waals surface area contributed by atoms with Gasteiger partial charge in [0.2, 0.25) is 0 Å². The Morgan fingerprint density at radius 2 is 1.87 bits per heavy atom. The first-order valence-corrected chi connectivity index (χ1v) is 7.86. The molecule has 0 heterocycles. The van der Waals surface area contributed by atoms with Crippen LogP contribution in [0.2, 0.25) is 0 Å². The van der Waals surface area contributed by atoms with Crippen LogP contribution in [0.3, 0.4) is 0 Å². The zero-order valence-corrected chi connectivity index (χ0v) is 13.8. The Balaban J connectivity index is 2.13. The molecule has 0 aliphatic carbocycles. The van der Waals surface area contributed by atoms with E-state index in [0.29, 0.717) is 23.0 Å². The Labute approximate surface area is 142 Å². The largest absolute Gasteiger partial charge is 0.507 e. The van der Waals surface area contributed by atoms with Crippen LogP contribution in [0.5, 0.6) is 5.75 Å². The second-order valence-corrected chi connectivity index (χ2v) is 5.94. The second-order valence-electron chi connectivity index (χ2n) is 5.02. The fraction of sp³-hybridized carbons (Fsp3) is 0.176. The van der Waals surface area contributed by atoms with E-state index in [1.807, 2.05) is 12.1 Å². The van der Waals surface area contributed by atoms with Gasteiger partial charge in [0.05, 0.1) is 5.56 Å². The smallest absolute Gasteiger partial charge is 0.303 e. The van der Waals surface area contributed by atoms with Crippen LogP contribution in [0.15, 0.2) is 46.9 Å². The summed E-state index contributed by atoms with van der Waals surface area (Å²) >= 11 is 3.22. The van der Waals surface area contributed by atoms with Gasteiger partial charge < -0.3 is 15.5 Å². The van der Waals surface area contributed by atoms with Gasteiger partial charge in [-0.3, -0.25) is 9.59 Å². The minimum Gasteiger partial charge on any atom is -0.507 e. The van der Waals surface area contributed by atoms with Crippen molar-refractivity contribution in [2.45, 2.75) is 19.3 Å². The third-order valence-electron chi connectivity index (χ3n) is 3.31. The molecule has 6 heteroatoms. The van der Waals surface area contributed by atoms with E-state index in [1.54, 1.807) is 18.2 Å². The Morgan fingerprint density at radius 3 is 2.57 bits per heavy atom. The van der Waals surface area contributed by atoms with E-state index in [2.05, 4.69) is 21.2 Å². The van der Waals surface area contributed by atoms with Gasteiger partial charge in [-0.25, -0.2) is 0 Å². The molecule has 0 saturated carbocycles. The van der Waals surface area contributed by atoms with Crippen molar-refractivity contribution in [3.05, 3.63) is 58.1 Å². The summed E-state index contributed by atoms with van der Waals surface area (Å²) in [4.78, 5) is 22.9. The van der Waals surface area contributed by atoms with Gasteiger partial charge in [-0.2, -0.15) is 0 Å². The number of halogens is 1. The summed E-state index contributed by atoms with van der Waals surface area (Å²) in [7, 11) is 0. The minimum absolute atomic E-state index is 0.0791. The van der Waals surface area contributed by atoms with Gasteiger partial charge in [0, 0.05) is 16.6 Å². The third-order valence-corrected chi connectivity index (χ3v) is 3.80. The predicted molar refractivity (Wildman–Crippen MR) is 90.8 cm³/mol. The summed E-state index contributed by atoms with van der Waals surface area (Å²) in [5.74, 6) is -1.37. The van der Waals surface area contributed by atoms with Crippen LogP contribution in [0.4, 0.5) is 5.69 Å². The number of phenolic OH excluding ortho intramolecular Hbond substituents is 1. The first-order chi connectivity index (χ1) is 11.0. The summed E-state index contributed by atoms with van der Waals surface area (Å²) in [5, 5.41) is 21.3. The molecule has 0 bridgehead atoms. The summed E-state index contributed by atoms with van der Waals surface area (Å²) in [5.41, 5.74) is 1.65. The topological polar surface area (TPSA) is 86.6 Å². The second kappa shape index (κ2) is 7.78. The van der Waals surface area contributed by atoms with E-state index in [4.69, 9.17) is 5.11 Å². The van der Waals surface area contributed by atoms with Crippen molar-refractivity contribution in [2.24, 2.45) is 0 Å². The van der Waals surface area contributed by atoms with Crippen LogP contribution in [0.1, 0.15) is 28.8 Å². The number of hydrogen-bond acceptors (Lipinski definition) is 3. The van der Waals surface area contributed by atoms with E-state index in [-0.39, 0.29) is 17.7 Å². The number of phenols is 1. The number of nitrogens with one attached hydrogen (secondary N) is 1. The number of aromatic hydroxyl groups is 1. The molecule has 0 aliphatic heterocycles.